The molecule has 0 saturated carbocycles. The van der Waals surface area contributed by atoms with Gasteiger partial charge in [0.15, 0.2) is 0 Å². The number of benzene rings is 2. The smallest absolute Gasteiger partial charge is 0.257 e. The predicted molar refractivity (Wildman–Crippen MR) is 122 cm³/mol. The molecule has 2 heterocycles. The molecule has 3 aromatic rings. The summed E-state index contributed by atoms with van der Waals surface area (Å²) in [6, 6.07) is 10.1. The number of hydrogen-bond acceptors (Lipinski definition) is 3. The van der Waals surface area contributed by atoms with Gasteiger partial charge in [0.25, 0.3) is 5.91 Å². The summed E-state index contributed by atoms with van der Waals surface area (Å²) < 4.78 is 5.77. The number of nitrogens with one attached hydrogen (secondary N) is 1. The Morgan fingerprint density at radius 2 is 1.90 bits per heavy atom. The third-order valence-electron chi connectivity index (χ3n) is 5.83. The molecule has 0 atom stereocenters. The fourth-order valence-electron chi connectivity index (χ4n) is 4.09. The molecule has 4 rings (SSSR count). The lowest BCUT2D eigenvalue weighted by Gasteiger charge is -2.35. The molecule has 1 N–H and O–H groups in total. The first-order valence-corrected chi connectivity index (χ1v) is 10.8. The average molecular weight is 426 g/mol. The molecule has 6 heteroatoms. The van der Waals surface area contributed by atoms with Crippen molar-refractivity contribution >= 4 is 28.4 Å². The summed E-state index contributed by atoms with van der Waals surface area (Å²) in [7, 11) is 0. The van der Waals surface area contributed by atoms with E-state index in [1.54, 1.807) is 0 Å². The Hall–Kier alpha value is -2.50. The van der Waals surface area contributed by atoms with Crippen LogP contribution in [0.1, 0.15) is 34.0 Å². The summed E-state index contributed by atoms with van der Waals surface area (Å²) in [5.41, 5.74) is 5.20. The molecule has 1 aliphatic rings. The second kappa shape index (κ2) is 8.70. The zero-order valence-corrected chi connectivity index (χ0v) is 18.6. The van der Waals surface area contributed by atoms with Crippen molar-refractivity contribution < 1.29 is 9.53 Å². The van der Waals surface area contributed by atoms with Gasteiger partial charge in [0.2, 0.25) is 0 Å². The Labute approximate surface area is 182 Å². The van der Waals surface area contributed by atoms with Crippen molar-refractivity contribution in [1.29, 1.82) is 0 Å². The molecular formula is C24H28ClN3O2. The summed E-state index contributed by atoms with van der Waals surface area (Å²) in [6.07, 6.45) is 1.88. The van der Waals surface area contributed by atoms with E-state index < -0.39 is 0 Å². The number of aromatic nitrogens is 1. The van der Waals surface area contributed by atoms with Gasteiger partial charge in [0.05, 0.1) is 12.2 Å². The maximum atomic E-state index is 13.3. The number of aryl methyl sites for hydroxylation is 1. The fraction of sp³-hybridized carbons (Fsp3) is 0.375. The lowest BCUT2D eigenvalue weighted by Crippen LogP contribution is -2.48. The largest absolute Gasteiger partial charge is 0.493 e. The number of fused-ring (bicyclic) bond motifs is 1. The van der Waals surface area contributed by atoms with Gasteiger partial charge in [-0.25, -0.2) is 0 Å². The Balaban J connectivity index is 1.46. The van der Waals surface area contributed by atoms with Crippen LogP contribution in [0.3, 0.4) is 0 Å². The second-order valence-electron chi connectivity index (χ2n) is 7.95. The Kier molecular flexibility index (Phi) is 6.02. The topological polar surface area (TPSA) is 48.6 Å². The van der Waals surface area contributed by atoms with Crippen LogP contribution in [0.25, 0.3) is 10.9 Å². The fourth-order valence-corrected chi connectivity index (χ4v) is 4.39. The highest BCUT2D eigenvalue weighted by atomic mass is 35.5. The van der Waals surface area contributed by atoms with E-state index in [1.807, 2.05) is 42.3 Å². The molecule has 30 heavy (non-hydrogen) atoms. The molecule has 1 amide bonds. The van der Waals surface area contributed by atoms with Gasteiger partial charge in [-0.3, -0.25) is 9.69 Å². The summed E-state index contributed by atoms with van der Waals surface area (Å²) in [5, 5.41) is 1.84. The van der Waals surface area contributed by atoms with Crippen LogP contribution in [0.4, 0.5) is 0 Å². The van der Waals surface area contributed by atoms with Gasteiger partial charge in [-0.15, -0.1) is 0 Å². The number of aromatic amines is 1. The van der Waals surface area contributed by atoms with Crippen molar-refractivity contribution in [2.24, 2.45) is 0 Å². The highest BCUT2D eigenvalue weighted by molar-refractivity contribution is 6.31. The number of halogens is 1. The van der Waals surface area contributed by atoms with E-state index in [4.69, 9.17) is 16.3 Å². The standard InChI is InChI=1S/C24H28ClN3O2/c1-4-30-23-14-22-18(5-6-26-22)13-20(23)24(29)28-9-7-27(8-10-28)15-19-11-16(2)12-21(25)17(19)3/h5-6,11-14,26H,4,7-10,15H2,1-3H3. The highest BCUT2D eigenvalue weighted by Gasteiger charge is 2.25. The molecular weight excluding hydrogens is 398 g/mol. The van der Waals surface area contributed by atoms with E-state index >= 15 is 0 Å². The minimum Gasteiger partial charge on any atom is -0.493 e. The minimum atomic E-state index is 0.0379. The van der Waals surface area contributed by atoms with E-state index in [0.29, 0.717) is 31.0 Å². The van der Waals surface area contributed by atoms with Crippen LogP contribution in [0.2, 0.25) is 5.02 Å². The van der Waals surface area contributed by atoms with Crippen molar-refractivity contribution in [3.8, 4) is 5.75 Å². The van der Waals surface area contributed by atoms with Crippen molar-refractivity contribution in [3.05, 3.63) is 63.8 Å². The summed E-state index contributed by atoms with van der Waals surface area (Å²) in [6.45, 7) is 10.5. The molecule has 1 aromatic heterocycles. The van der Waals surface area contributed by atoms with Gasteiger partial charge in [-0.1, -0.05) is 17.7 Å². The number of ether oxygens (including phenoxy) is 1. The molecule has 2 aromatic carbocycles. The number of amides is 1. The highest BCUT2D eigenvalue weighted by Crippen LogP contribution is 2.28. The molecule has 1 saturated heterocycles. The number of carbonyl (C=O) groups is 1. The third-order valence-corrected chi connectivity index (χ3v) is 6.23. The summed E-state index contributed by atoms with van der Waals surface area (Å²) in [4.78, 5) is 20.8. The van der Waals surface area contributed by atoms with Gasteiger partial charge in [0.1, 0.15) is 5.75 Å². The quantitative estimate of drug-likeness (QED) is 0.639. The van der Waals surface area contributed by atoms with Crippen LogP contribution in [-0.4, -0.2) is 53.5 Å². The molecule has 0 aliphatic carbocycles. The summed E-state index contributed by atoms with van der Waals surface area (Å²) >= 11 is 6.36. The Bertz CT molecular complexity index is 1070. The lowest BCUT2D eigenvalue weighted by atomic mass is 10.0. The Morgan fingerprint density at radius 3 is 2.63 bits per heavy atom. The normalized spacial score (nSPS) is 15.0. The van der Waals surface area contributed by atoms with Crippen molar-refractivity contribution in [3.63, 3.8) is 0 Å². The molecule has 5 nitrogen and oxygen atoms in total. The number of nitrogens with zero attached hydrogens (tertiary/aromatic N) is 2. The first-order valence-electron chi connectivity index (χ1n) is 10.5. The SMILES string of the molecule is CCOc1cc2[nH]ccc2cc1C(=O)N1CCN(Cc2cc(C)cc(Cl)c2C)CC1. The molecule has 0 unspecified atom stereocenters. The van der Waals surface area contributed by atoms with Crippen molar-refractivity contribution in [2.45, 2.75) is 27.3 Å². The van der Waals surface area contributed by atoms with Crippen LogP contribution in [0.5, 0.6) is 5.75 Å². The van der Waals surface area contributed by atoms with Crippen LogP contribution in [-0.2, 0) is 6.54 Å². The molecule has 0 spiro atoms. The minimum absolute atomic E-state index is 0.0379. The van der Waals surface area contributed by atoms with E-state index in [1.165, 1.54) is 11.1 Å². The van der Waals surface area contributed by atoms with Crippen molar-refractivity contribution in [2.75, 3.05) is 32.8 Å². The molecule has 1 aliphatic heterocycles. The van der Waals surface area contributed by atoms with Crippen LogP contribution < -0.4 is 4.74 Å². The van der Waals surface area contributed by atoms with Gasteiger partial charge in [-0.05, 0) is 55.7 Å². The van der Waals surface area contributed by atoms with Gasteiger partial charge in [0, 0.05) is 60.9 Å². The van der Waals surface area contributed by atoms with Crippen LogP contribution >= 0.6 is 11.6 Å². The number of piperazine rings is 1. The maximum Gasteiger partial charge on any atom is 0.257 e. The average Bonchev–Trinajstić information content (AvgIpc) is 3.19. The number of rotatable bonds is 5. The van der Waals surface area contributed by atoms with Crippen LogP contribution in [0.15, 0.2) is 36.5 Å². The first-order chi connectivity index (χ1) is 14.5. The first kappa shape index (κ1) is 20.8. The lowest BCUT2D eigenvalue weighted by molar-refractivity contribution is 0.0624. The van der Waals surface area contributed by atoms with Gasteiger partial charge < -0.3 is 14.6 Å². The van der Waals surface area contributed by atoms with E-state index in [-0.39, 0.29) is 5.91 Å². The molecule has 1 fully saturated rings. The van der Waals surface area contributed by atoms with E-state index in [9.17, 15) is 4.79 Å². The predicted octanol–water partition coefficient (Wildman–Crippen LogP) is 4.79. The van der Waals surface area contributed by atoms with Gasteiger partial charge in [-0.2, -0.15) is 0 Å². The van der Waals surface area contributed by atoms with E-state index in [2.05, 4.69) is 29.8 Å². The van der Waals surface area contributed by atoms with Crippen LogP contribution in [0, 0.1) is 13.8 Å². The zero-order valence-electron chi connectivity index (χ0n) is 17.8. The monoisotopic (exact) mass is 425 g/mol. The summed E-state index contributed by atoms with van der Waals surface area (Å²) in [5.74, 6) is 0.681. The maximum absolute atomic E-state index is 13.3. The molecule has 0 bridgehead atoms. The van der Waals surface area contributed by atoms with Gasteiger partial charge >= 0.3 is 0 Å². The molecule has 158 valence electrons. The Morgan fingerprint density at radius 1 is 1.13 bits per heavy atom. The molecule has 0 radical (unpaired) electrons. The second-order valence-corrected chi connectivity index (χ2v) is 8.35. The number of hydrogen-bond donors (Lipinski definition) is 1. The van der Waals surface area contributed by atoms with Crippen molar-refractivity contribution in [1.82, 2.24) is 14.8 Å². The number of carbonyl (C=O) groups excluding carboxylic acids is 1. The number of H-pyrrole nitrogens is 1. The zero-order chi connectivity index (χ0) is 21.3. The van der Waals surface area contributed by atoms with E-state index in [0.717, 1.165) is 41.1 Å². The third kappa shape index (κ3) is 4.18.